The topological polar surface area (TPSA) is 48.5 Å². The number of aromatic nitrogens is 5. The van der Waals surface area contributed by atoms with E-state index in [2.05, 4.69) is 125 Å². The number of rotatable bonds is 5. The van der Waals surface area contributed by atoms with Crippen LogP contribution in [0.2, 0.25) is 0 Å². The second-order valence-corrected chi connectivity index (χ2v) is 13.0. The third-order valence-corrected chi connectivity index (χ3v) is 9.83. The second kappa shape index (κ2) is 11.6. The number of para-hydroxylation sites is 2. The molecule has 0 spiro atoms. The van der Waals surface area contributed by atoms with Gasteiger partial charge in [0.2, 0.25) is 5.95 Å². The Labute approximate surface area is 294 Å². The molecule has 0 bridgehead atoms. The van der Waals surface area contributed by atoms with Crippen molar-refractivity contribution in [2.45, 2.75) is 6.92 Å². The first kappa shape index (κ1) is 29.1. The Morgan fingerprint density at radius 1 is 0.353 bits per heavy atom. The van der Waals surface area contributed by atoms with Crippen molar-refractivity contribution < 1.29 is 0 Å². The van der Waals surface area contributed by atoms with Gasteiger partial charge in [-0.1, -0.05) is 127 Å². The van der Waals surface area contributed by atoms with Crippen molar-refractivity contribution in [1.82, 2.24) is 24.1 Å². The highest BCUT2D eigenvalue weighted by molar-refractivity contribution is 6.12. The Balaban J connectivity index is 1.22. The smallest absolute Gasteiger partial charge is 0.238 e. The lowest BCUT2D eigenvalue weighted by Crippen LogP contribution is -2.06. The molecule has 5 nitrogen and oxygen atoms in total. The Kier molecular flexibility index (Phi) is 6.64. The maximum atomic E-state index is 5.15. The van der Waals surface area contributed by atoms with Gasteiger partial charge >= 0.3 is 0 Å². The highest BCUT2D eigenvalue weighted by atomic mass is 15.2. The summed E-state index contributed by atoms with van der Waals surface area (Å²) in [6, 6.07) is 59.8. The predicted molar refractivity (Wildman–Crippen MR) is 210 cm³/mol. The van der Waals surface area contributed by atoms with Crippen LogP contribution in [0, 0.1) is 6.92 Å². The summed E-state index contributed by atoms with van der Waals surface area (Å²) in [4.78, 5) is 15.3. The lowest BCUT2D eigenvalue weighted by atomic mass is 10.0. The average molecular weight is 654 g/mol. The summed E-state index contributed by atoms with van der Waals surface area (Å²) < 4.78 is 4.56. The quantitative estimate of drug-likeness (QED) is 0.186. The lowest BCUT2D eigenvalue weighted by molar-refractivity contribution is 0.953. The number of fused-ring (bicyclic) bond motifs is 6. The van der Waals surface area contributed by atoms with Crippen molar-refractivity contribution in [3.63, 3.8) is 0 Å². The fraction of sp³-hybridized carbons (Fsp3) is 0.0217. The number of hydrogen-bond acceptors (Lipinski definition) is 3. The molecule has 0 fully saturated rings. The third kappa shape index (κ3) is 4.82. The second-order valence-electron chi connectivity index (χ2n) is 13.0. The van der Waals surface area contributed by atoms with Crippen molar-refractivity contribution in [1.29, 1.82) is 0 Å². The molecule has 3 heterocycles. The largest absolute Gasteiger partial charge is 0.309 e. The van der Waals surface area contributed by atoms with Crippen molar-refractivity contribution >= 4 is 43.6 Å². The van der Waals surface area contributed by atoms with Crippen LogP contribution >= 0.6 is 0 Å². The van der Waals surface area contributed by atoms with Gasteiger partial charge in [-0.2, -0.15) is 9.97 Å². The van der Waals surface area contributed by atoms with Gasteiger partial charge in [0.05, 0.1) is 22.1 Å². The van der Waals surface area contributed by atoms with E-state index < -0.39 is 0 Å². The molecule has 10 rings (SSSR count). The molecule has 0 aliphatic carbocycles. The van der Waals surface area contributed by atoms with E-state index in [9.17, 15) is 0 Å². The van der Waals surface area contributed by atoms with Crippen LogP contribution in [0.25, 0.3) is 89.2 Å². The Bertz CT molecular complexity index is 2850. The first-order valence-electron chi connectivity index (χ1n) is 17.2. The molecule has 0 N–H and O–H groups in total. The van der Waals surface area contributed by atoms with E-state index in [0.29, 0.717) is 17.6 Å². The van der Waals surface area contributed by atoms with Gasteiger partial charge in [-0.15, -0.1) is 0 Å². The molecule has 0 radical (unpaired) electrons. The van der Waals surface area contributed by atoms with Crippen molar-refractivity contribution in [3.05, 3.63) is 175 Å². The number of aryl methyl sites for hydroxylation is 1. The maximum absolute atomic E-state index is 5.15. The minimum atomic E-state index is 0.590. The summed E-state index contributed by atoms with van der Waals surface area (Å²) in [5.74, 6) is 1.86. The maximum Gasteiger partial charge on any atom is 0.238 e. The number of nitrogens with zero attached hydrogens (tertiary/aromatic N) is 5. The monoisotopic (exact) mass is 653 g/mol. The number of benzene rings is 7. The van der Waals surface area contributed by atoms with Crippen LogP contribution in [0.1, 0.15) is 5.56 Å². The first-order chi connectivity index (χ1) is 25.2. The highest BCUT2D eigenvalue weighted by Gasteiger charge is 2.19. The molecule has 0 aliphatic rings. The summed E-state index contributed by atoms with van der Waals surface area (Å²) in [5, 5.41) is 4.77. The lowest BCUT2D eigenvalue weighted by Gasteiger charge is -2.12. The molecule has 240 valence electrons. The summed E-state index contributed by atoms with van der Waals surface area (Å²) in [7, 11) is 0. The normalized spacial score (nSPS) is 11.6. The molecular formula is C46H31N5. The molecule has 0 unspecified atom stereocenters. The molecule has 51 heavy (non-hydrogen) atoms. The third-order valence-electron chi connectivity index (χ3n) is 9.83. The van der Waals surface area contributed by atoms with Crippen molar-refractivity contribution in [3.8, 4) is 45.5 Å². The summed E-state index contributed by atoms with van der Waals surface area (Å²) in [5.41, 5.74) is 11.0. The zero-order chi connectivity index (χ0) is 33.9. The highest BCUT2D eigenvalue weighted by Crippen LogP contribution is 2.38. The molecule has 5 heteroatoms. The minimum Gasteiger partial charge on any atom is -0.309 e. The Morgan fingerprint density at radius 3 is 1.59 bits per heavy atom. The van der Waals surface area contributed by atoms with E-state index in [1.54, 1.807) is 0 Å². The summed E-state index contributed by atoms with van der Waals surface area (Å²) >= 11 is 0. The van der Waals surface area contributed by atoms with Gasteiger partial charge in [-0.3, -0.25) is 4.57 Å². The average Bonchev–Trinajstić information content (AvgIpc) is 3.70. The van der Waals surface area contributed by atoms with Crippen LogP contribution in [0.5, 0.6) is 0 Å². The molecular weight excluding hydrogens is 623 g/mol. The van der Waals surface area contributed by atoms with Gasteiger partial charge in [0.1, 0.15) is 0 Å². The van der Waals surface area contributed by atoms with E-state index in [4.69, 9.17) is 15.0 Å². The molecule has 7 aromatic carbocycles. The SMILES string of the molecule is Cc1ccc2c3ccc(-c4ccc5c(c4)c4ccccc4n5-c4ccccc4)cc3n(-c3nc(-c4ccccc4)nc(-c4ccccc4)n3)c2c1. The predicted octanol–water partition coefficient (Wildman–Crippen LogP) is 11.4. The van der Waals surface area contributed by atoms with Gasteiger partial charge in [-0.25, -0.2) is 4.98 Å². The van der Waals surface area contributed by atoms with Crippen LogP contribution in [0.3, 0.4) is 0 Å². The zero-order valence-corrected chi connectivity index (χ0v) is 27.9. The zero-order valence-electron chi connectivity index (χ0n) is 27.9. The van der Waals surface area contributed by atoms with E-state index in [0.717, 1.165) is 49.7 Å². The van der Waals surface area contributed by atoms with Crippen LogP contribution < -0.4 is 0 Å². The first-order valence-corrected chi connectivity index (χ1v) is 17.2. The van der Waals surface area contributed by atoms with Crippen LogP contribution in [0.4, 0.5) is 0 Å². The Morgan fingerprint density at radius 2 is 0.882 bits per heavy atom. The van der Waals surface area contributed by atoms with Crippen LogP contribution in [-0.2, 0) is 0 Å². The van der Waals surface area contributed by atoms with Crippen LogP contribution in [-0.4, -0.2) is 24.1 Å². The molecule has 3 aromatic heterocycles. The molecule has 10 aromatic rings. The van der Waals surface area contributed by atoms with Crippen LogP contribution in [0.15, 0.2) is 170 Å². The van der Waals surface area contributed by atoms with E-state index in [-0.39, 0.29) is 0 Å². The minimum absolute atomic E-state index is 0.590. The van der Waals surface area contributed by atoms with E-state index in [1.165, 1.54) is 27.4 Å². The van der Waals surface area contributed by atoms with Gasteiger partial charge in [0.15, 0.2) is 11.6 Å². The van der Waals surface area contributed by atoms with E-state index in [1.807, 2.05) is 60.7 Å². The molecule has 0 atom stereocenters. The molecule has 0 saturated heterocycles. The fourth-order valence-corrected chi connectivity index (χ4v) is 7.43. The van der Waals surface area contributed by atoms with Gasteiger partial charge in [-0.05, 0) is 66.1 Å². The molecule has 0 saturated carbocycles. The summed E-state index contributed by atoms with van der Waals surface area (Å²) in [6.07, 6.45) is 0. The van der Waals surface area contributed by atoms with Gasteiger partial charge in [0.25, 0.3) is 0 Å². The van der Waals surface area contributed by atoms with Gasteiger partial charge < -0.3 is 4.57 Å². The van der Waals surface area contributed by atoms with Gasteiger partial charge in [0, 0.05) is 38.4 Å². The fourth-order valence-electron chi connectivity index (χ4n) is 7.43. The van der Waals surface area contributed by atoms with Crippen molar-refractivity contribution in [2.24, 2.45) is 0 Å². The summed E-state index contributed by atoms with van der Waals surface area (Å²) in [6.45, 7) is 2.13. The standard InChI is InChI=1S/C46H31N5/c1-30-21-24-37-38-25-22-34(33-23-26-41-39(28-33)36-19-11-12-20-40(36)50(41)35-17-9-4-10-18-35)29-43(38)51(42(37)27-30)46-48-44(31-13-5-2-6-14-31)47-45(49-46)32-15-7-3-8-16-32/h2-29H,1H3. The Hall–Kier alpha value is -6.85. The number of hydrogen-bond donors (Lipinski definition) is 0. The molecule has 0 amide bonds. The molecule has 0 aliphatic heterocycles. The van der Waals surface area contributed by atoms with E-state index >= 15 is 0 Å². The van der Waals surface area contributed by atoms with Crippen molar-refractivity contribution in [2.75, 3.05) is 0 Å².